The minimum Gasteiger partial charge on any atom is -0.497 e. The Kier molecular flexibility index (Phi) is 7.11. The van der Waals surface area contributed by atoms with E-state index in [9.17, 15) is 13.2 Å². The Morgan fingerprint density at radius 2 is 1.77 bits per heavy atom. The van der Waals surface area contributed by atoms with Crippen LogP contribution in [0.3, 0.4) is 0 Å². The van der Waals surface area contributed by atoms with Gasteiger partial charge in [0.2, 0.25) is 0 Å². The number of benzene rings is 2. The summed E-state index contributed by atoms with van der Waals surface area (Å²) in [6.45, 7) is 2.32. The number of hydrogen-bond acceptors (Lipinski definition) is 6. The van der Waals surface area contributed by atoms with Crippen LogP contribution >= 0.6 is 0 Å². The second-order valence-corrected chi connectivity index (χ2v) is 9.49. The number of pyridine rings is 1. The molecule has 180 valence electrons. The Morgan fingerprint density at radius 1 is 1.03 bits per heavy atom. The summed E-state index contributed by atoms with van der Waals surface area (Å²) in [6.07, 6.45) is 6.04. The molecule has 0 aliphatic carbocycles. The number of aryl methyl sites for hydroxylation is 3. The van der Waals surface area contributed by atoms with Gasteiger partial charge in [-0.15, -0.1) is 0 Å². The first-order valence-electron chi connectivity index (χ1n) is 10.9. The first-order chi connectivity index (χ1) is 16.8. The highest BCUT2D eigenvalue weighted by Crippen LogP contribution is 2.23. The molecule has 0 aliphatic heterocycles. The third-order valence-electron chi connectivity index (χ3n) is 5.34. The van der Waals surface area contributed by atoms with Crippen molar-refractivity contribution in [2.45, 2.75) is 24.8 Å². The van der Waals surface area contributed by atoms with Crippen molar-refractivity contribution in [1.82, 2.24) is 14.8 Å². The van der Waals surface area contributed by atoms with E-state index in [1.807, 2.05) is 12.1 Å². The molecule has 4 rings (SSSR count). The normalized spacial score (nSPS) is 11.1. The van der Waals surface area contributed by atoms with Gasteiger partial charge < -0.3 is 10.1 Å². The lowest BCUT2D eigenvalue weighted by Gasteiger charge is -2.12. The van der Waals surface area contributed by atoms with E-state index < -0.39 is 15.9 Å². The monoisotopic (exact) mass is 491 g/mol. The molecule has 1 amide bonds. The molecule has 10 heteroatoms. The van der Waals surface area contributed by atoms with Crippen LogP contribution in [-0.4, -0.2) is 36.2 Å². The molecule has 2 N–H and O–H groups in total. The molecule has 0 saturated carbocycles. The first-order valence-corrected chi connectivity index (χ1v) is 12.3. The van der Waals surface area contributed by atoms with Crippen molar-refractivity contribution in [3.05, 3.63) is 95.9 Å². The Hall–Kier alpha value is -4.18. The number of hydrogen-bond donors (Lipinski definition) is 2. The lowest BCUT2D eigenvalue weighted by Crippen LogP contribution is -2.17. The third-order valence-corrected chi connectivity index (χ3v) is 6.87. The van der Waals surface area contributed by atoms with Crippen molar-refractivity contribution in [2.75, 3.05) is 17.1 Å². The molecule has 0 radical (unpaired) electrons. The summed E-state index contributed by atoms with van der Waals surface area (Å²) >= 11 is 0. The van der Waals surface area contributed by atoms with Gasteiger partial charge in [0, 0.05) is 42.5 Å². The molecule has 9 nitrogen and oxygen atoms in total. The van der Waals surface area contributed by atoms with Crippen LogP contribution in [0.2, 0.25) is 0 Å². The number of methoxy groups -OCH3 is 1. The van der Waals surface area contributed by atoms with Crippen LogP contribution in [-0.2, 0) is 23.0 Å². The Morgan fingerprint density at radius 3 is 2.49 bits per heavy atom. The maximum Gasteiger partial charge on any atom is 0.262 e. The summed E-state index contributed by atoms with van der Waals surface area (Å²) < 4.78 is 35.4. The minimum atomic E-state index is -3.92. The van der Waals surface area contributed by atoms with Crippen molar-refractivity contribution in [1.29, 1.82) is 0 Å². The molecule has 0 spiro atoms. The molecule has 35 heavy (non-hydrogen) atoms. The summed E-state index contributed by atoms with van der Waals surface area (Å²) in [5.41, 5.74) is 2.25. The van der Waals surface area contributed by atoms with E-state index in [0.29, 0.717) is 29.4 Å². The predicted octanol–water partition coefficient (Wildman–Crippen LogP) is 3.89. The minimum absolute atomic E-state index is 0.0175. The molecule has 4 aromatic rings. The van der Waals surface area contributed by atoms with Crippen LogP contribution in [0.1, 0.15) is 21.5 Å². The molecule has 2 aromatic carbocycles. The second kappa shape index (κ2) is 10.4. The molecule has 0 atom stereocenters. The Labute approximate surface area is 203 Å². The van der Waals surface area contributed by atoms with Gasteiger partial charge in [0.15, 0.2) is 5.82 Å². The van der Waals surface area contributed by atoms with Crippen molar-refractivity contribution in [2.24, 2.45) is 0 Å². The van der Waals surface area contributed by atoms with E-state index in [2.05, 4.69) is 20.1 Å². The van der Waals surface area contributed by atoms with Crippen LogP contribution in [0.15, 0.2) is 84.1 Å². The molecular formula is C25H25N5O4S. The number of nitrogens with zero attached hydrogens (tertiary/aromatic N) is 3. The molecule has 2 heterocycles. The zero-order valence-electron chi connectivity index (χ0n) is 19.3. The Bertz CT molecular complexity index is 1420. The van der Waals surface area contributed by atoms with Crippen LogP contribution in [0, 0.1) is 6.92 Å². The molecule has 0 unspecified atom stereocenters. The van der Waals surface area contributed by atoms with Crippen molar-refractivity contribution < 1.29 is 17.9 Å². The smallest absolute Gasteiger partial charge is 0.262 e. The van der Waals surface area contributed by atoms with Gasteiger partial charge >= 0.3 is 0 Å². The fourth-order valence-electron chi connectivity index (χ4n) is 3.43. The third kappa shape index (κ3) is 6.04. The van der Waals surface area contributed by atoms with Gasteiger partial charge in [0.05, 0.1) is 12.0 Å². The number of carbonyl (C=O) groups is 1. The van der Waals surface area contributed by atoms with Gasteiger partial charge in [-0.25, -0.2) is 8.42 Å². The van der Waals surface area contributed by atoms with E-state index in [1.165, 1.54) is 13.2 Å². The van der Waals surface area contributed by atoms with E-state index in [-0.39, 0.29) is 10.5 Å². The van der Waals surface area contributed by atoms with Gasteiger partial charge in [-0.05, 0) is 73.0 Å². The standard InChI is InChI=1S/C25H25N5O4S/c1-18-3-4-20(17-23(18)35(32,33)29-21-5-7-22(34-2)8-6-21)25(31)27-24-12-16-30(28-24)15-11-19-9-13-26-14-10-19/h3-10,12-14,16-17,29H,11,15H2,1-2H3,(H,27,28,31). The summed E-state index contributed by atoms with van der Waals surface area (Å²) in [7, 11) is -2.38. The average molecular weight is 492 g/mol. The topological polar surface area (TPSA) is 115 Å². The van der Waals surface area contributed by atoms with Crippen LogP contribution in [0.5, 0.6) is 5.75 Å². The van der Waals surface area contributed by atoms with Crippen LogP contribution in [0.4, 0.5) is 11.5 Å². The van der Waals surface area contributed by atoms with Gasteiger partial charge in [-0.2, -0.15) is 5.10 Å². The quantitative estimate of drug-likeness (QED) is 0.367. The summed E-state index contributed by atoms with van der Waals surface area (Å²) in [5.74, 6) is 0.541. The molecular weight excluding hydrogens is 466 g/mol. The number of aromatic nitrogens is 3. The maximum atomic E-state index is 13.0. The lowest BCUT2D eigenvalue weighted by atomic mass is 10.1. The number of carbonyl (C=O) groups excluding carboxylic acids is 1. The zero-order chi connectivity index (χ0) is 24.8. The second-order valence-electron chi connectivity index (χ2n) is 7.84. The van der Waals surface area contributed by atoms with E-state index in [0.717, 1.165) is 12.0 Å². The molecule has 0 fully saturated rings. The summed E-state index contributed by atoms with van der Waals surface area (Å²) in [5, 5.41) is 7.11. The SMILES string of the molecule is COc1ccc(NS(=O)(=O)c2cc(C(=O)Nc3ccn(CCc4ccncc4)n3)ccc2C)cc1. The van der Waals surface area contributed by atoms with Gasteiger partial charge in [-0.3, -0.25) is 19.2 Å². The number of rotatable bonds is 9. The van der Waals surface area contributed by atoms with Crippen LogP contribution in [0.25, 0.3) is 0 Å². The van der Waals surface area contributed by atoms with Crippen molar-refractivity contribution in [3.8, 4) is 5.75 Å². The molecule has 0 bridgehead atoms. The highest BCUT2D eigenvalue weighted by atomic mass is 32.2. The number of nitrogens with one attached hydrogen (secondary N) is 2. The highest BCUT2D eigenvalue weighted by molar-refractivity contribution is 7.92. The largest absolute Gasteiger partial charge is 0.497 e. The fourth-order valence-corrected chi connectivity index (χ4v) is 4.76. The first kappa shape index (κ1) is 24.0. The molecule has 0 aliphatic rings. The summed E-state index contributed by atoms with van der Waals surface area (Å²) in [6, 6.07) is 16.6. The molecule has 0 saturated heterocycles. The van der Waals surface area contributed by atoms with E-state index in [4.69, 9.17) is 4.74 Å². The summed E-state index contributed by atoms with van der Waals surface area (Å²) in [4.78, 5) is 16.8. The predicted molar refractivity (Wildman–Crippen MR) is 133 cm³/mol. The van der Waals surface area contributed by atoms with Crippen molar-refractivity contribution in [3.63, 3.8) is 0 Å². The Balaban J connectivity index is 1.45. The van der Waals surface area contributed by atoms with Gasteiger partial charge in [0.25, 0.3) is 15.9 Å². The lowest BCUT2D eigenvalue weighted by molar-refractivity contribution is 0.102. The number of ether oxygens (including phenoxy) is 1. The molecule has 2 aromatic heterocycles. The van der Waals surface area contributed by atoms with E-state index >= 15 is 0 Å². The van der Waals surface area contributed by atoms with Crippen LogP contribution < -0.4 is 14.8 Å². The average Bonchev–Trinajstić information content (AvgIpc) is 3.31. The maximum absolute atomic E-state index is 13.0. The number of amides is 1. The van der Waals surface area contributed by atoms with E-state index in [1.54, 1.807) is 72.7 Å². The van der Waals surface area contributed by atoms with Gasteiger partial charge in [0.1, 0.15) is 5.75 Å². The number of anilines is 2. The van der Waals surface area contributed by atoms with Gasteiger partial charge in [-0.1, -0.05) is 6.07 Å². The highest BCUT2D eigenvalue weighted by Gasteiger charge is 2.20. The van der Waals surface area contributed by atoms with Crippen molar-refractivity contribution >= 4 is 27.4 Å². The zero-order valence-corrected chi connectivity index (χ0v) is 20.1. The number of sulfonamides is 1. The fraction of sp³-hybridized carbons (Fsp3) is 0.160.